The van der Waals surface area contributed by atoms with Crippen LogP contribution in [0.25, 0.3) is 11.2 Å². The van der Waals surface area contributed by atoms with Crippen molar-refractivity contribution in [1.29, 1.82) is 0 Å². The second-order valence-electron chi connectivity index (χ2n) is 6.52. The van der Waals surface area contributed by atoms with Crippen molar-refractivity contribution in [3.63, 3.8) is 0 Å². The molecule has 2 aliphatic carbocycles. The Morgan fingerprint density at radius 2 is 2.24 bits per heavy atom. The number of aliphatic hydroxyl groups is 1. The fraction of sp³-hybridized carbons (Fsp3) is 0.500. The van der Waals surface area contributed by atoms with Gasteiger partial charge in [0.25, 0.3) is 0 Å². The van der Waals surface area contributed by atoms with E-state index in [4.69, 9.17) is 10.5 Å². The van der Waals surface area contributed by atoms with Gasteiger partial charge >= 0.3 is 5.97 Å². The Kier molecular flexibility index (Phi) is 3.79. The molecular weight excluding hydrogens is 324 g/mol. The van der Waals surface area contributed by atoms with Crippen LogP contribution in [0, 0.1) is 5.92 Å². The number of nitrogens with two attached hydrogens (primary N) is 1. The van der Waals surface area contributed by atoms with Gasteiger partial charge in [0.05, 0.1) is 12.4 Å². The first-order valence-electron chi connectivity index (χ1n) is 8.31. The molecule has 3 unspecified atom stereocenters. The summed E-state index contributed by atoms with van der Waals surface area (Å²) in [5.41, 5.74) is 7.18. The fourth-order valence-electron chi connectivity index (χ4n) is 3.08. The molecule has 9 nitrogen and oxygen atoms in total. The SMILES string of the molecule is CC(=O)OC(O)C1C=CC(n2cnc3c(NC4CC4)nc(N)nc32)C1. The number of anilines is 2. The lowest BCUT2D eigenvalue weighted by molar-refractivity contribution is -0.171. The van der Waals surface area contributed by atoms with E-state index in [1.54, 1.807) is 6.33 Å². The zero-order chi connectivity index (χ0) is 17.6. The number of esters is 1. The van der Waals surface area contributed by atoms with Crippen molar-refractivity contribution in [2.45, 2.75) is 44.6 Å². The molecular formula is C16H20N6O3. The quantitative estimate of drug-likeness (QED) is 0.416. The van der Waals surface area contributed by atoms with Crippen LogP contribution in [0.5, 0.6) is 0 Å². The van der Waals surface area contributed by atoms with Crippen LogP contribution < -0.4 is 11.1 Å². The highest BCUT2D eigenvalue weighted by atomic mass is 16.6. The number of carbonyl (C=O) groups is 1. The van der Waals surface area contributed by atoms with Crippen LogP contribution in [-0.4, -0.2) is 42.9 Å². The molecule has 4 rings (SSSR count). The van der Waals surface area contributed by atoms with Gasteiger partial charge in [-0.2, -0.15) is 9.97 Å². The van der Waals surface area contributed by atoms with Crippen molar-refractivity contribution in [2.24, 2.45) is 5.92 Å². The zero-order valence-corrected chi connectivity index (χ0v) is 13.8. The van der Waals surface area contributed by atoms with Gasteiger partial charge in [-0.25, -0.2) is 4.98 Å². The molecule has 132 valence electrons. The lowest BCUT2D eigenvalue weighted by Gasteiger charge is -2.18. The summed E-state index contributed by atoms with van der Waals surface area (Å²) in [4.78, 5) is 24.0. The van der Waals surface area contributed by atoms with E-state index >= 15 is 0 Å². The average molecular weight is 344 g/mol. The predicted octanol–water partition coefficient (Wildman–Crippen LogP) is 0.981. The van der Waals surface area contributed by atoms with Crippen LogP contribution >= 0.6 is 0 Å². The number of fused-ring (bicyclic) bond motifs is 1. The second kappa shape index (κ2) is 5.99. The van der Waals surface area contributed by atoms with Crippen LogP contribution in [0.3, 0.4) is 0 Å². The number of hydrogen-bond acceptors (Lipinski definition) is 8. The molecule has 4 N–H and O–H groups in total. The average Bonchev–Trinajstić information content (AvgIpc) is 3.07. The van der Waals surface area contributed by atoms with Crippen LogP contribution in [0.15, 0.2) is 18.5 Å². The molecule has 0 aliphatic heterocycles. The normalized spacial score (nSPS) is 23.8. The number of rotatable bonds is 5. The highest BCUT2D eigenvalue weighted by Crippen LogP contribution is 2.34. The van der Waals surface area contributed by atoms with Crippen LogP contribution in [0.2, 0.25) is 0 Å². The van der Waals surface area contributed by atoms with Gasteiger partial charge in [0.1, 0.15) is 0 Å². The van der Waals surface area contributed by atoms with Crippen molar-refractivity contribution in [3.05, 3.63) is 18.5 Å². The summed E-state index contributed by atoms with van der Waals surface area (Å²) in [6.07, 6.45) is 7.16. The number of ether oxygens (including phenoxy) is 1. The molecule has 0 saturated heterocycles. The van der Waals surface area contributed by atoms with Crippen LogP contribution in [0.4, 0.5) is 11.8 Å². The molecule has 9 heteroatoms. The molecule has 0 bridgehead atoms. The van der Waals surface area contributed by atoms with Crippen molar-refractivity contribution in [1.82, 2.24) is 19.5 Å². The molecule has 1 fully saturated rings. The molecule has 0 spiro atoms. The monoisotopic (exact) mass is 344 g/mol. The molecule has 0 radical (unpaired) electrons. The van der Waals surface area contributed by atoms with Crippen molar-refractivity contribution >= 4 is 28.9 Å². The summed E-state index contributed by atoms with van der Waals surface area (Å²) in [6, 6.07) is 0.376. The molecule has 25 heavy (non-hydrogen) atoms. The van der Waals surface area contributed by atoms with Gasteiger partial charge in [-0.1, -0.05) is 12.2 Å². The third kappa shape index (κ3) is 3.14. The molecule has 0 aromatic carbocycles. The number of hydrogen-bond donors (Lipinski definition) is 3. The molecule has 2 aromatic heterocycles. The summed E-state index contributed by atoms with van der Waals surface area (Å²) in [7, 11) is 0. The second-order valence-corrected chi connectivity index (χ2v) is 6.52. The molecule has 1 saturated carbocycles. The van der Waals surface area contributed by atoms with E-state index in [0.29, 0.717) is 29.4 Å². The smallest absolute Gasteiger partial charge is 0.304 e. The van der Waals surface area contributed by atoms with Gasteiger partial charge in [-0.15, -0.1) is 0 Å². The maximum Gasteiger partial charge on any atom is 0.304 e. The number of carbonyl (C=O) groups excluding carboxylic acids is 1. The van der Waals surface area contributed by atoms with E-state index in [1.165, 1.54) is 6.92 Å². The minimum Gasteiger partial charge on any atom is -0.435 e. The lowest BCUT2D eigenvalue weighted by Crippen LogP contribution is -2.24. The molecule has 2 aromatic rings. The molecule has 3 atom stereocenters. The minimum absolute atomic E-state index is 0.0525. The Bertz CT molecular complexity index is 844. The lowest BCUT2D eigenvalue weighted by atomic mass is 10.1. The third-order valence-corrected chi connectivity index (χ3v) is 4.46. The number of aliphatic hydroxyl groups excluding tert-OH is 1. The minimum atomic E-state index is -1.15. The van der Waals surface area contributed by atoms with Crippen molar-refractivity contribution in [3.8, 4) is 0 Å². The maximum atomic E-state index is 11.0. The summed E-state index contributed by atoms with van der Waals surface area (Å²) in [5, 5.41) is 13.3. The summed E-state index contributed by atoms with van der Waals surface area (Å²) < 4.78 is 6.77. The predicted molar refractivity (Wildman–Crippen MR) is 90.4 cm³/mol. The summed E-state index contributed by atoms with van der Waals surface area (Å²) in [6.45, 7) is 1.27. The van der Waals surface area contributed by atoms with Crippen LogP contribution in [-0.2, 0) is 9.53 Å². The maximum absolute atomic E-state index is 11.0. The largest absolute Gasteiger partial charge is 0.435 e. The molecule has 0 amide bonds. The Morgan fingerprint density at radius 3 is 2.96 bits per heavy atom. The number of nitrogen functional groups attached to an aromatic ring is 1. The van der Waals surface area contributed by atoms with Crippen molar-refractivity contribution in [2.75, 3.05) is 11.1 Å². The van der Waals surface area contributed by atoms with Gasteiger partial charge in [-0.3, -0.25) is 4.79 Å². The topological polar surface area (TPSA) is 128 Å². The van der Waals surface area contributed by atoms with Gasteiger partial charge in [0, 0.05) is 18.9 Å². The Morgan fingerprint density at radius 1 is 1.44 bits per heavy atom. The Hall–Kier alpha value is -2.68. The Labute approximate surface area is 143 Å². The third-order valence-electron chi connectivity index (χ3n) is 4.46. The van der Waals surface area contributed by atoms with E-state index in [2.05, 4.69) is 20.3 Å². The highest BCUT2D eigenvalue weighted by molar-refractivity contribution is 5.84. The first kappa shape index (κ1) is 15.8. The van der Waals surface area contributed by atoms with Gasteiger partial charge in [-0.05, 0) is 19.3 Å². The Balaban J connectivity index is 1.59. The van der Waals surface area contributed by atoms with Crippen LogP contribution in [0.1, 0.15) is 32.2 Å². The van der Waals surface area contributed by atoms with Gasteiger partial charge in [0.15, 0.2) is 17.0 Å². The number of nitrogens with zero attached hydrogens (tertiary/aromatic N) is 4. The summed E-state index contributed by atoms with van der Waals surface area (Å²) >= 11 is 0. The summed E-state index contributed by atoms with van der Waals surface area (Å²) in [5.74, 6) is 0.0708. The van der Waals surface area contributed by atoms with E-state index in [9.17, 15) is 9.90 Å². The van der Waals surface area contributed by atoms with Crippen molar-refractivity contribution < 1.29 is 14.6 Å². The van der Waals surface area contributed by atoms with E-state index in [1.807, 2.05) is 16.7 Å². The number of nitrogens with one attached hydrogen (secondary N) is 1. The van der Waals surface area contributed by atoms with Gasteiger partial charge < -0.3 is 25.5 Å². The molecule has 2 heterocycles. The van der Waals surface area contributed by atoms with E-state index in [-0.39, 0.29) is 17.9 Å². The standard InChI is InChI=1S/C16H20N6O3/c1-8(23)25-15(24)9-2-5-11(6-9)22-7-18-12-13(19-10-3-4-10)20-16(17)21-14(12)22/h2,5,7,9-11,15,24H,3-4,6H2,1H3,(H3,17,19,20,21). The first-order chi connectivity index (χ1) is 12.0. The number of allylic oxidation sites excluding steroid dienone is 1. The first-order valence-corrected chi connectivity index (χ1v) is 8.31. The van der Waals surface area contributed by atoms with E-state index < -0.39 is 12.3 Å². The zero-order valence-electron chi connectivity index (χ0n) is 13.8. The number of imidazole rings is 1. The highest BCUT2D eigenvalue weighted by Gasteiger charge is 2.30. The molecule has 2 aliphatic rings. The number of aromatic nitrogens is 4. The van der Waals surface area contributed by atoms with Gasteiger partial charge in [0.2, 0.25) is 12.2 Å². The van der Waals surface area contributed by atoms with E-state index in [0.717, 1.165) is 12.8 Å². The fourth-order valence-corrected chi connectivity index (χ4v) is 3.08.